The Labute approximate surface area is 150 Å². The molecule has 0 unspecified atom stereocenters. The van der Waals surface area contributed by atoms with Gasteiger partial charge >= 0.3 is 5.97 Å². The van der Waals surface area contributed by atoms with E-state index in [2.05, 4.69) is 0 Å². The zero-order chi connectivity index (χ0) is 18.2. The normalized spacial score (nSPS) is 11.5. The smallest absolute Gasteiger partial charge is 0.316 e. The topological polar surface area (TPSA) is 56.5 Å². The molecule has 128 valence electrons. The minimum Gasteiger partial charge on any atom is -0.452 e. The molecule has 0 amide bonds. The van der Waals surface area contributed by atoms with Gasteiger partial charge in [-0.1, -0.05) is 41.9 Å². The van der Waals surface area contributed by atoms with Crippen LogP contribution in [0.1, 0.15) is 20.8 Å². The minimum atomic E-state index is -0.760. The summed E-state index contributed by atoms with van der Waals surface area (Å²) in [6.45, 7) is 5.16. The molecule has 0 atom stereocenters. The van der Waals surface area contributed by atoms with Gasteiger partial charge in [-0.25, -0.2) is 0 Å². The van der Waals surface area contributed by atoms with Crippen molar-refractivity contribution in [1.29, 1.82) is 0 Å². The average Bonchev–Trinajstić information content (AvgIpc) is 2.57. The van der Waals surface area contributed by atoms with Crippen LogP contribution in [-0.2, 0) is 4.79 Å². The third-order valence-electron chi connectivity index (χ3n) is 3.65. The van der Waals surface area contributed by atoms with Crippen molar-refractivity contribution in [1.82, 2.24) is 0 Å². The molecule has 0 saturated heterocycles. The molecule has 1 heterocycles. The summed E-state index contributed by atoms with van der Waals surface area (Å²) in [5.41, 5.74) is -0.166. The number of hydrogen-bond acceptors (Lipinski definition) is 4. The molecule has 25 heavy (non-hydrogen) atoms. The lowest BCUT2D eigenvalue weighted by Crippen LogP contribution is -2.28. The van der Waals surface area contributed by atoms with E-state index >= 15 is 0 Å². The lowest BCUT2D eigenvalue weighted by atomic mass is 9.97. The lowest BCUT2D eigenvalue weighted by molar-refractivity contribution is -0.143. The first-order valence-corrected chi connectivity index (χ1v) is 8.19. The van der Waals surface area contributed by atoms with Crippen molar-refractivity contribution >= 4 is 28.5 Å². The second-order valence-electron chi connectivity index (χ2n) is 6.74. The zero-order valence-electron chi connectivity index (χ0n) is 14.1. The summed E-state index contributed by atoms with van der Waals surface area (Å²) in [5, 5.41) is 0.671. The van der Waals surface area contributed by atoms with E-state index in [-0.39, 0.29) is 16.9 Å². The van der Waals surface area contributed by atoms with Crippen molar-refractivity contribution in [2.24, 2.45) is 5.41 Å². The molecule has 0 radical (unpaired) electrons. The van der Waals surface area contributed by atoms with E-state index in [1.165, 1.54) is 6.07 Å². The van der Waals surface area contributed by atoms with Gasteiger partial charge < -0.3 is 9.15 Å². The summed E-state index contributed by atoms with van der Waals surface area (Å²) >= 11 is 5.99. The molecule has 0 saturated carbocycles. The van der Waals surface area contributed by atoms with E-state index < -0.39 is 16.8 Å². The van der Waals surface area contributed by atoms with Crippen molar-refractivity contribution in [2.75, 3.05) is 0 Å². The molecular weight excluding hydrogens is 340 g/mol. The van der Waals surface area contributed by atoms with Crippen LogP contribution in [0.2, 0.25) is 5.02 Å². The molecule has 4 nitrogen and oxygen atoms in total. The molecule has 1 aromatic heterocycles. The van der Waals surface area contributed by atoms with E-state index in [1.807, 2.05) is 18.2 Å². The first kappa shape index (κ1) is 17.2. The van der Waals surface area contributed by atoms with Crippen LogP contribution in [0, 0.1) is 5.41 Å². The molecule has 3 rings (SSSR count). The largest absolute Gasteiger partial charge is 0.452 e. The standard InChI is InChI=1S/C20H17ClO4/c1-20(2,3)19(23)25-18-16(22)14-11-13(21)9-10-15(14)24-17(18)12-7-5-4-6-8-12/h4-11H,1-3H3. The Morgan fingerprint density at radius 1 is 1.08 bits per heavy atom. The number of carbonyl (C=O) groups is 1. The maximum Gasteiger partial charge on any atom is 0.316 e. The van der Waals surface area contributed by atoms with Crippen molar-refractivity contribution < 1.29 is 13.9 Å². The summed E-state index contributed by atoms with van der Waals surface area (Å²) in [6.07, 6.45) is 0. The van der Waals surface area contributed by atoms with Crippen LogP contribution < -0.4 is 10.2 Å². The first-order valence-electron chi connectivity index (χ1n) is 7.81. The fourth-order valence-electron chi connectivity index (χ4n) is 2.27. The first-order chi connectivity index (χ1) is 11.8. The molecule has 5 heteroatoms. The summed E-state index contributed by atoms with van der Waals surface area (Å²) < 4.78 is 11.3. The maximum atomic E-state index is 12.9. The van der Waals surface area contributed by atoms with E-state index in [1.54, 1.807) is 45.0 Å². The van der Waals surface area contributed by atoms with Gasteiger partial charge in [0.15, 0.2) is 5.76 Å². The molecule has 0 spiro atoms. The number of carbonyl (C=O) groups excluding carboxylic acids is 1. The lowest BCUT2D eigenvalue weighted by Gasteiger charge is -2.17. The van der Waals surface area contributed by atoms with Gasteiger partial charge in [0.2, 0.25) is 11.2 Å². The zero-order valence-corrected chi connectivity index (χ0v) is 14.9. The van der Waals surface area contributed by atoms with Crippen LogP contribution >= 0.6 is 11.6 Å². The molecule has 0 bridgehead atoms. The van der Waals surface area contributed by atoms with Gasteiger partial charge in [0.1, 0.15) is 5.58 Å². The Kier molecular flexibility index (Phi) is 4.39. The van der Waals surface area contributed by atoms with Gasteiger partial charge in [0.05, 0.1) is 10.8 Å². The summed E-state index contributed by atoms with van der Waals surface area (Å²) in [6, 6.07) is 13.8. The van der Waals surface area contributed by atoms with Gasteiger partial charge in [-0.05, 0) is 39.0 Å². The predicted octanol–water partition coefficient (Wildman–Crippen LogP) is 5.06. The molecule has 0 N–H and O–H groups in total. The SMILES string of the molecule is CC(C)(C)C(=O)Oc1c(-c2ccccc2)oc2ccc(Cl)cc2c1=O. The minimum absolute atomic E-state index is 0.124. The van der Waals surface area contributed by atoms with Crippen molar-refractivity contribution in [3.8, 4) is 17.1 Å². The third kappa shape index (κ3) is 3.44. The van der Waals surface area contributed by atoms with Crippen LogP contribution in [0.15, 0.2) is 57.7 Å². The second kappa shape index (κ2) is 6.37. The van der Waals surface area contributed by atoms with Gasteiger partial charge in [0.25, 0.3) is 0 Å². The molecule has 0 aliphatic rings. The van der Waals surface area contributed by atoms with E-state index in [0.717, 1.165) is 0 Å². The Balaban J connectivity index is 2.29. The van der Waals surface area contributed by atoms with Crippen LogP contribution in [0.4, 0.5) is 0 Å². The average molecular weight is 357 g/mol. The highest BCUT2D eigenvalue weighted by molar-refractivity contribution is 6.31. The number of halogens is 1. The highest BCUT2D eigenvalue weighted by Gasteiger charge is 2.28. The number of fused-ring (bicyclic) bond motifs is 1. The quantitative estimate of drug-likeness (QED) is 0.602. The van der Waals surface area contributed by atoms with Crippen molar-refractivity contribution in [2.45, 2.75) is 20.8 Å². The number of ether oxygens (including phenoxy) is 1. The van der Waals surface area contributed by atoms with Crippen LogP contribution in [0.5, 0.6) is 5.75 Å². The molecule has 3 aromatic rings. The van der Waals surface area contributed by atoms with Crippen LogP contribution in [-0.4, -0.2) is 5.97 Å². The fraction of sp³-hybridized carbons (Fsp3) is 0.200. The van der Waals surface area contributed by atoms with E-state index in [9.17, 15) is 9.59 Å². The summed E-state index contributed by atoms with van der Waals surface area (Å²) in [4.78, 5) is 25.3. The Bertz CT molecular complexity index is 998. The highest BCUT2D eigenvalue weighted by atomic mass is 35.5. The monoisotopic (exact) mass is 356 g/mol. The fourth-order valence-corrected chi connectivity index (χ4v) is 2.44. The van der Waals surface area contributed by atoms with Gasteiger partial charge in [-0.2, -0.15) is 0 Å². The molecular formula is C20H17ClO4. The maximum absolute atomic E-state index is 12.9. The van der Waals surface area contributed by atoms with Gasteiger partial charge in [-0.3, -0.25) is 9.59 Å². The van der Waals surface area contributed by atoms with Crippen LogP contribution in [0.3, 0.4) is 0 Å². The van der Waals surface area contributed by atoms with Gasteiger partial charge in [0, 0.05) is 10.6 Å². The van der Waals surface area contributed by atoms with Crippen molar-refractivity contribution in [3.63, 3.8) is 0 Å². The highest BCUT2D eigenvalue weighted by Crippen LogP contribution is 2.32. The molecule has 0 fully saturated rings. The number of hydrogen-bond donors (Lipinski definition) is 0. The second-order valence-corrected chi connectivity index (χ2v) is 7.17. The Morgan fingerprint density at radius 3 is 2.40 bits per heavy atom. The van der Waals surface area contributed by atoms with Crippen molar-refractivity contribution in [3.05, 3.63) is 63.8 Å². The van der Waals surface area contributed by atoms with E-state index in [4.69, 9.17) is 20.8 Å². The Hall–Kier alpha value is -2.59. The number of benzene rings is 2. The van der Waals surface area contributed by atoms with Crippen LogP contribution in [0.25, 0.3) is 22.3 Å². The summed E-state index contributed by atoms with van der Waals surface area (Å²) in [7, 11) is 0. The number of esters is 1. The molecule has 2 aromatic carbocycles. The molecule has 0 aliphatic carbocycles. The van der Waals surface area contributed by atoms with Gasteiger partial charge in [-0.15, -0.1) is 0 Å². The predicted molar refractivity (Wildman–Crippen MR) is 98.0 cm³/mol. The van der Waals surface area contributed by atoms with E-state index in [0.29, 0.717) is 16.2 Å². The Morgan fingerprint density at radius 2 is 1.76 bits per heavy atom. The summed E-state index contributed by atoms with van der Waals surface area (Å²) in [5.74, 6) is -0.419. The molecule has 0 aliphatic heterocycles. The third-order valence-corrected chi connectivity index (χ3v) is 3.89. The number of rotatable bonds is 2.